The molecule has 0 radical (unpaired) electrons. The van der Waals surface area contributed by atoms with Crippen LogP contribution in [-0.4, -0.2) is 44.3 Å². The van der Waals surface area contributed by atoms with E-state index in [2.05, 4.69) is 9.97 Å². The Morgan fingerprint density at radius 3 is 1.40 bits per heavy atom. The first kappa shape index (κ1) is 29.7. The highest BCUT2D eigenvalue weighted by Gasteiger charge is 2.13. The molecule has 4 rings (SSSR count). The molecule has 0 fully saturated rings. The Bertz CT molecular complexity index is 1510. The van der Waals surface area contributed by atoms with Crippen molar-refractivity contribution in [1.29, 1.82) is 0 Å². The van der Waals surface area contributed by atoms with Crippen LogP contribution in [0.2, 0.25) is 0 Å². The molecule has 12 heteroatoms. The van der Waals surface area contributed by atoms with Crippen molar-refractivity contribution in [2.24, 2.45) is 0 Å². The molecule has 4 aromatic rings. The maximum atomic E-state index is 12.4. The number of carbonyl (C=O) groups excluding carboxylic acids is 2. The summed E-state index contributed by atoms with van der Waals surface area (Å²) in [5.41, 5.74) is 1.39. The van der Waals surface area contributed by atoms with Gasteiger partial charge in [-0.25, -0.2) is 9.59 Å². The lowest BCUT2D eigenvalue weighted by Crippen LogP contribution is -2.29. The lowest BCUT2D eigenvalue weighted by molar-refractivity contribution is -0.146. The monoisotopic (exact) mass is 574 g/mol. The van der Waals surface area contributed by atoms with E-state index in [9.17, 15) is 19.2 Å². The van der Waals surface area contributed by atoms with Gasteiger partial charge in [-0.3, -0.25) is 18.7 Å². The van der Waals surface area contributed by atoms with Crippen LogP contribution in [0.4, 0.5) is 0 Å². The van der Waals surface area contributed by atoms with Crippen molar-refractivity contribution >= 4 is 11.9 Å². The lowest BCUT2D eigenvalue weighted by Gasteiger charge is -2.13. The van der Waals surface area contributed by atoms with Gasteiger partial charge in [0.1, 0.15) is 39.5 Å². The molecule has 0 bridgehead atoms. The molecule has 0 saturated carbocycles. The van der Waals surface area contributed by atoms with Crippen molar-refractivity contribution in [3.05, 3.63) is 116 Å². The summed E-state index contributed by atoms with van der Waals surface area (Å²) in [6.45, 7) is 3.02. The highest BCUT2D eigenvalue weighted by Crippen LogP contribution is 2.13. The van der Waals surface area contributed by atoms with E-state index in [4.69, 9.17) is 18.9 Å². The van der Waals surface area contributed by atoms with Crippen LogP contribution >= 0.6 is 0 Å². The average Bonchev–Trinajstić information content (AvgIpc) is 2.98. The Balaban J connectivity index is 1.24. The molecule has 2 heterocycles. The fourth-order valence-electron chi connectivity index (χ4n) is 3.81. The quantitative estimate of drug-likeness (QED) is 0.173. The number of hydrogen-bond acceptors (Lipinski definition) is 10. The molecule has 0 aliphatic rings. The number of ether oxygens (including phenoxy) is 4. The van der Waals surface area contributed by atoms with Crippen LogP contribution in [0.15, 0.2) is 82.6 Å². The van der Waals surface area contributed by atoms with Crippen molar-refractivity contribution in [2.75, 3.05) is 13.2 Å². The fraction of sp³-hybridized carbons (Fsp3) is 0.267. The fourth-order valence-corrected chi connectivity index (χ4v) is 3.81. The second-order valence-corrected chi connectivity index (χ2v) is 9.27. The topological polar surface area (TPSA) is 141 Å². The van der Waals surface area contributed by atoms with Crippen molar-refractivity contribution in [3.63, 3.8) is 0 Å². The SMILES string of the molecule is Cc1cn(CC(=O)OCc2ccccc2)c(=O)nc1OCCOc1nc(=O)n(CC(=O)OCc2ccccc2)cc1C. The molecule has 2 aromatic carbocycles. The van der Waals surface area contributed by atoms with E-state index in [1.54, 1.807) is 13.8 Å². The van der Waals surface area contributed by atoms with Gasteiger partial charge >= 0.3 is 23.3 Å². The van der Waals surface area contributed by atoms with Crippen molar-refractivity contribution in [3.8, 4) is 11.8 Å². The lowest BCUT2D eigenvalue weighted by atomic mass is 10.2. The molecule has 2 aromatic heterocycles. The normalized spacial score (nSPS) is 10.6. The molecule has 0 aliphatic carbocycles. The Morgan fingerprint density at radius 1 is 0.643 bits per heavy atom. The molecule has 0 spiro atoms. The maximum absolute atomic E-state index is 12.4. The van der Waals surface area contributed by atoms with E-state index in [0.29, 0.717) is 11.1 Å². The van der Waals surface area contributed by atoms with Gasteiger partial charge in [-0.15, -0.1) is 0 Å². The van der Waals surface area contributed by atoms with Gasteiger partial charge in [-0.1, -0.05) is 60.7 Å². The highest BCUT2D eigenvalue weighted by atomic mass is 16.5. The van der Waals surface area contributed by atoms with Gasteiger partial charge in [-0.05, 0) is 25.0 Å². The summed E-state index contributed by atoms with van der Waals surface area (Å²) in [7, 11) is 0. The molecular weight excluding hydrogens is 544 g/mol. The van der Waals surface area contributed by atoms with Gasteiger partial charge in [0.2, 0.25) is 11.8 Å². The van der Waals surface area contributed by atoms with Gasteiger partial charge in [0.15, 0.2) is 0 Å². The van der Waals surface area contributed by atoms with Gasteiger partial charge in [0.05, 0.1) is 0 Å². The van der Waals surface area contributed by atoms with Crippen LogP contribution in [0, 0.1) is 13.8 Å². The zero-order chi connectivity index (χ0) is 29.9. The van der Waals surface area contributed by atoms with E-state index in [-0.39, 0.29) is 51.3 Å². The van der Waals surface area contributed by atoms with Crippen LogP contribution in [0.5, 0.6) is 11.8 Å². The molecule has 42 heavy (non-hydrogen) atoms. The summed E-state index contributed by atoms with van der Waals surface area (Å²) < 4.78 is 23.9. The van der Waals surface area contributed by atoms with Crippen molar-refractivity contribution in [2.45, 2.75) is 40.2 Å². The molecule has 0 saturated heterocycles. The maximum Gasteiger partial charge on any atom is 0.351 e. The Kier molecular flexibility index (Phi) is 10.2. The average molecular weight is 575 g/mol. The third kappa shape index (κ3) is 8.62. The van der Waals surface area contributed by atoms with Gasteiger partial charge < -0.3 is 18.9 Å². The Morgan fingerprint density at radius 2 is 1.02 bits per heavy atom. The summed E-state index contributed by atoms with van der Waals surface area (Å²) in [5.74, 6) is -0.964. The third-order valence-corrected chi connectivity index (χ3v) is 5.90. The van der Waals surface area contributed by atoms with E-state index >= 15 is 0 Å². The van der Waals surface area contributed by atoms with Crippen molar-refractivity contribution in [1.82, 2.24) is 19.1 Å². The van der Waals surface area contributed by atoms with Crippen LogP contribution in [0.3, 0.4) is 0 Å². The predicted octanol–water partition coefficient (Wildman–Crippen LogP) is 2.36. The zero-order valence-corrected chi connectivity index (χ0v) is 23.2. The number of hydrogen-bond donors (Lipinski definition) is 0. The van der Waals surface area contributed by atoms with Gasteiger partial charge in [0.25, 0.3) is 0 Å². The molecule has 0 N–H and O–H groups in total. The van der Waals surface area contributed by atoms with Crippen LogP contribution in [-0.2, 0) is 45.4 Å². The molecule has 0 aliphatic heterocycles. The summed E-state index contributed by atoms with van der Waals surface area (Å²) in [6.07, 6.45) is 2.93. The highest BCUT2D eigenvalue weighted by molar-refractivity contribution is 5.69. The number of carbonyl (C=O) groups is 2. The first-order valence-corrected chi connectivity index (χ1v) is 13.1. The standard InChI is InChI=1S/C30H30N4O8/c1-21-15-33(17-25(35)41-19-23-9-5-3-6-10-23)29(37)31-27(21)39-13-14-40-28-22(2)16-34(30(38)32-28)18-26(36)42-20-24-11-7-4-8-12-24/h3-12,15-16H,13-14,17-20H2,1-2H3. The second kappa shape index (κ2) is 14.4. The summed E-state index contributed by atoms with van der Waals surface area (Å²) in [5, 5.41) is 0. The number of aromatic nitrogens is 4. The summed E-state index contributed by atoms with van der Waals surface area (Å²) in [6, 6.07) is 18.4. The zero-order valence-electron chi connectivity index (χ0n) is 23.2. The number of rotatable bonds is 13. The van der Waals surface area contributed by atoms with Gasteiger partial charge in [-0.2, -0.15) is 9.97 Å². The van der Waals surface area contributed by atoms with Gasteiger partial charge in [0, 0.05) is 23.5 Å². The number of esters is 2. The van der Waals surface area contributed by atoms with E-state index in [0.717, 1.165) is 20.3 Å². The Labute approximate surface area is 241 Å². The minimum atomic E-state index is -0.670. The molecule has 12 nitrogen and oxygen atoms in total. The molecule has 0 unspecified atom stereocenters. The minimum absolute atomic E-state index is 0.00638. The molecular formula is C30H30N4O8. The first-order valence-electron chi connectivity index (χ1n) is 13.1. The van der Waals surface area contributed by atoms with Crippen LogP contribution in [0.1, 0.15) is 22.3 Å². The van der Waals surface area contributed by atoms with Crippen molar-refractivity contribution < 1.29 is 28.5 Å². The molecule has 218 valence electrons. The molecule has 0 amide bonds. The smallest absolute Gasteiger partial charge is 0.351 e. The molecule has 0 atom stereocenters. The summed E-state index contributed by atoms with van der Waals surface area (Å²) in [4.78, 5) is 57.0. The number of nitrogens with zero attached hydrogens (tertiary/aromatic N) is 4. The first-order chi connectivity index (χ1) is 20.3. The number of benzene rings is 2. The van der Waals surface area contributed by atoms with E-state index in [1.807, 2.05) is 60.7 Å². The second-order valence-electron chi connectivity index (χ2n) is 9.27. The Hall–Kier alpha value is -5.26. The third-order valence-electron chi connectivity index (χ3n) is 5.90. The largest absolute Gasteiger partial charge is 0.474 e. The predicted molar refractivity (Wildman–Crippen MR) is 150 cm³/mol. The summed E-state index contributed by atoms with van der Waals surface area (Å²) >= 11 is 0. The van der Waals surface area contributed by atoms with E-state index < -0.39 is 23.3 Å². The minimum Gasteiger partial charge on any atom is -0.474 e. The van der Waals surface area contributed by atoms with Crippen LogP contribution in [0.25, 0.3) is 0 Å². The number of aryl methyl sites for hydroxylation is 2. The van der Waals surface area contributed by atoms with E-state index in [1.165, 1.54) is 12.4 Å². The van der Waals surface area contributed by atoms with Crippen LogP contribution < -0.4 is 20.9 Å².